The number of aliphatic hydroxyl groups is 2. The number of benzene rings is 1. The standard InChI is InChI=1S/C13H17NO4/c14-10(8-12(16)17)13(18)11(15)7-6-9-4-2-1-3-5-9/h1-7,10-11,13,15,18H,8,14H2,(H,16,17)/b7-6+/t10-,11-,13+/m0/s1. The fourth-order valence-corrected chi connectivity index (χ4v) is 1.46. The first-order valence-corrected chi connectivity index (χ1v) is 5.57. The number of carboxylic acids is 1. The number of aliphatic hydroxyl groups excluding tert-OH is 2. The molecule has 5 heteroatoms. The average molecular weight is 251 g/mol. The molecule has 5 nitrogen and oxygen atoms in total. The molecule has 18 heavy (non-hydrogen) atoms. The van der Waals surface area contributed by atoms with Crippen LogP contribution in [0.3, 0.4) is 0 Å². The molecule has 0 aliphatic carbocycles. The molecule has 0 spiro atoms. The van der Waals surface area contributed by atoms with E-state index in [1.54, 1.807) is 6.08 Å². The average Bonchev–Trinajstić information content (AvgIpc) is 2.35. The van der Waals surface area contributed by atoms with Gasteiger partial charge in [-0.15, -0.1) is 0 Å². The van der Waals surface area contributed by atoms with Crippen LogP contribution in [-0.2, 0) is 4.79 Å². The number of carbonyl (C=O) groups is 1. The van der Waals surface area contributed by atoms with Gasteiger partial charge < -0.3 is 21.1 Å². The molecule has 3 atom stereocenters. The largest absolute Gasteiger partial charge is 0.481 e. The van der Waals surface area contributed by atoms with E-state index in [9.17, 15) is 15.0 Å². The highest BCUT2D eigenvalue weighted by Gasteiger charge is 2.23. The summed E-state index contributed by atoms with van der Waals surface area (Å²) in [6, 6.07) is 8.24. The molecule has 0 amide bonds. The summed E-state index contributed by atoms with van der Waals surface area (Å²) in [5.74, 6) is -1.11. The van der Waals surface area contributed by atoms with Gasteiger partial charge in [0.1, 0.15) is 0 Å². The van der Waals surface area contributed by atoms with Crippen LogP contribution < -0.4 is 5.73 Å². The maximum atomic E-state index is 10.4. The maximum Gasteiger partial charge on any atom is 0.305 e. The number of aliphatic carboxylic acids is 1. The Morgan fingerprint density at radius 3 is 2.44 bits per heavy atom. The fraction of sp³-hybridized carbons (Fsp3) is 0.308. The molecule has 0 saturated heterocycles. The van der Waals surface area contributed by atoms with Crippen molar-refractivity contribution in [3.05, 3.63) is 42.0 Å². The van der Waals surface area contributed by atoms with Gasteiger partial charge in [0.25, 0.3) is 0 Å². The highest BCUT2D eigenvalue weighted by Crippen LogP contribution is 2.07. The van der Waals surface area contributed by atoms with E-state index >= 15 is 0 Å². The lowest BCUT2D eigenvalue weighted by Gasteiger charge is -2.20. The summed E-state index contributed by atoms with van der Waals surface area (Å²) in [6.45, 7) is 0. The minimum atomic E-state index is -1.30. The van der Waals surface area contributed by atoms with Crippen LogP contribution in [0.4, 0.5) is 0 Å². The number of rotatable bonds is 6. The van der Waals surface area contributed by atoms with Crippen molar-refractivity contribution in [1.29, 1.82) is 0 Å². The van der Waals surface area contributed by atoms with Crippen molar-refractivity contribution in [2.24, 2.45) is 5.73 Å². The molecule has 1 aromatic carbocycles. The summed E-state index contributed by atoms with van der Waals surface area (Å²) in [7, 11) is 0. The van der Waals surface area contributed by atoms with Gasteiger partial charge in [-0.2, -0.15) is 0 Å². The summed E-state index contributed by atoms with van der Waals surface area (Å²) >= 11 is 0. The van der Waals surface area contributed by atoms with Gasteiger partial charge in [-0.25, -0.2) is 0 Å². The number of nitrogens with two attached hydrogens (primary N) is 1. The van der Waals surface area contributed by atoms with Crippen LogP contribution in [0.15, 0.2) is 36.4 Å². The first kappa shape index (κ1) is 14.4. The van der Waals surface area contributed by atoms with Gasteiger partial charge in [0.05, 0.1) is 18.6 Å². The predicted molar refractivity (Wildman–Crippen MR) is 67.7 cm³/mol. The van der Waals surface area contributed by atoms with E-state index in [1.807, 2.05) is 30.3 Å². The van der Waals surface area contributed by atoms with Crippen molar-refractivity contribution in [3.63, 3.8) is 0 Å². The zero-order valence-corrected chi connectivity index (χ0v) is 9.81. The van der Waals surface area contributed by atoms with Crippen LogP contribution in [-0.4, -0.2) is 39.5 Å². The zero-order chi connectivity index (χ0) is 13.5. The third-order valence-corrected chi connectivity index (χ3v) is 2.48. The topological polar surface area (TPSA) is 104 Å². The van der Waals surface area contributed by atoms with Crippen molar-refractivity contribution in [2.75, 3.05) is 0 Å². The van der Waals surface area contributed by atoms with E-state index in [0.717, 1.165) is 5.56 Å². The second kappa shape index (κ2) is 6.90. The van der Waals surface area contributed by atoms with Gasteiger partial charge >= 0.3 is 5.97 Å². The minimum Gasteiger partial charge on any atom is -0.481 e. The fourth-order valence-electron chi connectivity index (χ4n) is 1.46. The quantitative estimate of drug-likeness (QED) is 0.579. The Morgan fingerprint density at radius 1 is 1.28 bits per heavy atom. The molecule has 1 aromatic rings. The Balaban J connectivity index is 2.56. The molecule has 0 aromatic heterocycles. The van der Waals surface area contributed by atoms with Crippen LogP contribution in [0.25, 0.3) is 6.08 Å². The van der Waals surface area contributed by atoms with E-state index < -0.39 is 30.6 Å². The molecular formula is C13H17NO4. The summed E-state index contributed by atoms with van der Waals surface area (Å²) in [6.07, 6.45) is 0.140. The zero-order valence-electron chi connectivity index (χ0n) is 9.81. The second-order valence-electron chi connectivity index (χ2n) is 4.01. The number of carboxylic acid groups (broad SMARTS) is 1. The summed E-state index contributed by atoms with van der Waals surface area (Å²) in [5.41, 5.74) is 6.33. The van der Waals surface area contributed by atoms with Gasteiger partial charge in [-0.05, 0) is 5.56 Å². The van der Waals surface area contributed by atoms with Crippen LogP contribution >= 0.6 is 0 Å². The summed E-state index contributed by atoms with van der Waals surface area (Å²) < 4.78 is 0. The molecule has 0 saturated carbocycles. The highest BCUT2D eigenvalue weighted by atomic mass is 16.4. The van der Waals surface area contributed by atoms with E-state index in [0.29, 0.717) is 0 Å². The van der Waals surface area contributed by atoms with Crippen molar-refractivity contribution >= 4 is 12.0 Å². The van der Waals surface area contributed by atoms with Crippen LogP contribution in [0.5, 0.6) is 0 Å². The summed E-state index contributed by atoms with van der Waals surface area (Å²) in [5, 5.41) is 27.8. The van der Waals surface area contributed by atoms with Crippen LogP contribution in [0, 0.1) is 0 Å². The molecule has 0 bridgehead atoms. The van der Waals surface area contributed by atoms with Gasteiger partial charge in [-0.1, -0.05) is 42.5 Å². The number of hydrogen-bond acceptors (Lipinski definition) is 4. The molecule has 0 radical (unpaired) electrons. The van der Waals surface area contributed by atoms with Gasteiger partial charge in [0.15, 0.2) is 0 Å². The molecule has 0 aliphatic rings. The minimum absolute atomic E-state index is 0.391. The lowest BCUT2D eigenvalue weighted by Crippen LogP contribution is -2.43. The molecule has 1 rings (SSSR count). The smallest absolute Gasteiger partial charge is 0.305 e. The predicted octanol–water partition coefficient (Wildman–Crippen LogP) is 0.224. The molecule has 0 heterocycles. The van der Waals surface area contributed by atoms with E-state index in [1.165, 1.54) is 6.08 Å². The molecule has 5 N–H and O–H groups in total. The lowest BCUT2D eigenvalue weighted by atomic mass is 10.0. The second-order valence-corrected chi connectivity index (χ2v) is 4.01. The van der Waals surface area contributed by atoms with Gasteiger partial charge in [0.2, 0.25) is 0 Å². The third kappa shape index (κ3) is 4.67. The van der Waals surface area contributed by atoms with Gasteiger partial charge in [-0.3, -0.25) is 4.79 Å². The first-order valence-electron chi connectivity index (χ1n) is 5.57. The molecule has 98 valence electrons. The molecule has 0 unspecified atom stereocenters. The van der Waals surface area contributed by atoms with Gasteiger partial charge in [0, 0.05) is 6.04 Å². The van der Waals surface area contributed by atoms with Crippen LogP contribution in [0.1, 0.15) is 12.0 Å². The highest BCUT2D eigenvalue weighted by molar-refractivity contribution is 5.67. The van der Waals surface area contributed by atoms with Crippen molar-refractivity contribution in [3.8, 4) is 0 Å². The molecular weight excluding hydrogens is 234 g/mol. The monoisotopic (exact) mass is 251 g/mol. The first-order chi connectivity index (χ1) is 8.50. The van der Waals surface area contributed by atoms with E-state index in [-0.39, 0.29) is 0 Å². The Morgan fingerprint density at radius 2 is 1.89 bits per heavy atom. The SMILES string of the molecule is N[C@@H](CC(=O)O)[C@@H](O)[C@@H](O)/C=C/c1ccccc1. The Labute approximate surface area is 105 Å². The lowest BCUT2D eigenvalue weighted by molar-refractivity contribution is -0.138. The third-order valence-electron chi connectivity index (χ3n) is 2.48. The molecule has 0 fully saturated rings. The Bertz CT molecular complexity index is 405. The van der Waals surface area contributed by atoms with Crippen molar-refractivity contribution in [1.82, 2.24) is 0 Å². The number of hydrogen-bond donors (Lipinski definition) is 4. The van der Waals surface area contributed by atoms with Crippen LogP contribution in [0.2, 0.25) is 0 Å². The van der Waals surface area contributed by atoms with Crippen molar-refractivity contribution < 1.29 is 20.1 Å². The van der Waals surface area contributed by atoms with Crippen molar-refractivity contribution in [2.45, 2.75) is 24.7 Å². The Hall–Kier alpha value is -1.69. The molecule has 0 aliphatic heterocycles. The normalized spacial score (nSPS) is 16.4. The maximum absolute atomic E-state index is 10.4. The van der Waals surface area contributed by atoms with E-state index in [4.69, 9.17) is 10.8 Å². The van der Waals surface area contributed by atoms with E-state index in [2.05, 4.69) is 0 Å². The Kier molecular flexibility index (Phi) is 5.51. The summed E-state index contributed by atoms with van der Waals surface area (Å²) in [4.78, 5) is 10.4.